The van der Waals surface area contributed by atoms with Crippen molar-refractivity contribution in [2.24, 2.45) is 0 Å². The molecule has 0 amide bonds. The van der Waals surface area contributed by atoms with Crippen LogP contribution in [0.2, 0.25) is 0 Å². The van der Waals surface area contributed by atoms with Crippen LogP contribution in [0.4, 0.5) is 5.95 Å². The van der Waals surface area contributed by atoms with Crippen molar-refractivity contribution in [3.63, 3.8) is 0 Å². The maximum atomic E-state index is 11.8. The van der Waals surface area contributed by atoms with E-state index in [0.29, 0.717) is 0 Å². The normalized spacial score (nSPS) is 11.8. The fourth-order valence-electron chi connectivity index (χ4n) is 1.74. The summed E-state index contributed by atoms with van der Waals surface area (Å²) in [6.45, 7) is 7.64. The van der Waals surface area contributed by atoms with Crippen molar-refractivity contribution < 1.29 is 9.53 Å². The highest BCUT2D eigenvalue weighted by Crippen LogP contribution is 2.32. The Morgan fingerprint density at radius 3 is 2.76 bits per heavy atom. The van der Waals surface area contributed by atoms with Crippen LogP contribution in [-0.4, -0.2) is 27.3 Å². The zero-order valence-corrected chi connectivity index (χ0v) is 14.2. The van der Waals surface area contributed by atoms with Gasteiger partial charge in [0.25, 0.3) is 0 Å². The van der Waals surface area contributed by atoms with Gasteiger partial charge in [-0.1, -0.05) is 18.7 Å². The molecule has 0 unspecified atom stereocenters. The first-order valence-corrected chi connectivity index (χ1v) is 8.49. The molecule has 0 spiro atoms. The molecular weight excluding hydrogens is 306 g/mol. The number of nitrogens with two attached hydrogens (primary N) is 1. The molecule has 0 aliphatic rings. The van der Waals surface area contributed by atoms with E-state index in [1.165, 1.54) is 16.6 Å². The number of rotatable bonds is 4. The molecule has 0 aliphatic carbocycles. The van der Waals surface area contributed by atoms with Crippen LogP contribution in [0.15, 0.2) is 11.1 Å². The molecule has 2 N–H and O–H groups in total. The van der Waals surface area contributed by atoms with Gasteiger partial charge in [0.05, 0.1) is 5.75 Å². The van der Waals surface area contributed by atoms with Crippen LogP contribution in [0.25, 0.3) is 10.2 Å². The Morgan fingerprint density at radius 2 is 2.14 bits per heavy atom. The molecule has 114 valence electrons. The van der Waals surface area contributed by atoms with E-state index in [1.54, 1.807) is 11.3 Å². The number of anilines is 1. The number of thiophene rings is 1. The average molecular weight is 325 g/mol. The van der Waals surface area contributed by atoms with Crippen molar-refractivity contribution in [3.05, 3.63) is 10.9 Å². The van der Waals surface area contributed by atoms with Crippen LogP contribution >= 0.6 is 23.1 Å². The van der Waals surface area contributed by atoms with Gasteiger partial charge in [0.1, 0.15) is 15.5 Å². The molecule has 2 heterocycles. The van der Waals surface area contributed by atoms with Crippen molar-refractivity contribution >= 4 is 45.2 Å². The molecule has 0 fully saturated rings. The van der Waals surface area contributed by atoms with Gasteiger partial charge in [-0.05, 0) is 33.3 Å². The summed E-state index contributed by atoms with van der Waals surface area (Å²) in [5, 5.41) is 1.69. The second kappa shape index (κ2) is 6.19. The number of esters is 1. The number of thioether (sulfide) groups is 1. The maximum Gasteiger partial charge on any atom is 0.316 e. The number of carbonyl (C=O) groups excluding carboxylic acids is 1. The Bertz CT molecular complexity index is 662. The van der Waals surface area contributed by atoms with Crippen LogP contribution < -0.4 is 5.73 Å². The van der Waals surface area contributed by atoms with Crippen LogP contribution in [0.1, 0.15) is 32.6 Å². The molecule has 0 saturated carbocycles. The van der Waals surface area contributed by atoms with Gasteiger partial charge < -0.3 is 10.5 Å². The number of hydrogen-bond acceptors (Lipinski definition) is 7. The first-order chi connectivity index (χ1) is 9.78. The fourth-order valence-corrected chi connectivity index (χ4v) is 3.56. The van der Waals surface area contributed by atoms with E-state index in [9.17, 15) is 4.79 Å². The molecule has 21 heavy (non-hydrogen) atoms. The van der Waals surface area contributed by atoms with Gasteiger partial charge in [0, 0.05) is 10.3 Å². The van der Waals surface area contributed by atoms with E-state index in [-0.39, 0.29) is 17.7 Å². The van der Waals surface area contributed by atoms with Gasteiger partial charge in [0.2, 0.25) is 5.95 Å². The third-order valence-corrected chi connectivity index (χ3v) is 4.66. The van der Waals surface area contributed by atoms with Gasteiger partial charge in [0.15, 0.2) is 0 Å². The highest BCUT2D eigenvalue weighted by molar-refractivity contribution is 8.00. The molecule has 0 radical (unpaired) electrons. The number of fused-ring (bicyclic) bond motifs is 1. The number of ether oxygens (including phenoxy) is 1. The van der Waals surface area contributed by atoms with Gasteiger partial charge in [-0.25, -0.2) is 9.97 Å². The van der Waals surface area contributed by atoms with E-state index in [4.69, 9.17) is 10.5 Å². The zero-order valence-electron chi connectivity index (χ0n) is 12.6. The van der Waals surface area contributed by atoms with E-state index in [1.807, 2.05) is 20.8 Å². The zero-order chi connectivity index (χ0) is 15.6. The van der Waals surface area contributed by atoms with Crippen molar-refractivity contribution in [1.29, 1.82) is 0 Å². The monoisotopic (exact) mass is 325 g/mol. The summed E-state index contributed by atoms with van der Waals surface area (Å²) in [7, 11) is 0. The molecule has 0 saturated heterocycles. The summed E-state index contributed by atoms with van der Waals surface area (Å²) < 4.78 is 5.30. The summed E-state index contributed by atoms with van der Waals surface area (Å²) in [6.07, 6.45) is 0.942. The quantitative estimate of drug-likeness (QED) is 0.528. The molecule has 7 heteroatoms. The van der Waals surface area contributed by atoms with Crippen LogP contribution in [0.3, 0.4) is 0 Å². The van der Waals surface area contributed by atoms with E-state index >= 15 is 0 Å². The number of aromatic nitrogens is 2. The molecule has 2 rings (SSSR count). The second-order valence-electron chi connectivity index (χ2n) is 5.55. The van der Waals surface area contributed by atoms with Crippen molar-refractivity contribution in [3.8, 4) is 0 Å². The number of nitrogen functional groups attached to an aromatic ring is 1. The largest absolute Gasteiger partial charge is 0.459 e. The molecule has 0 bridgehead atoms. The second-order valence-corrected chi connectivity index (χ2v) is 7.63. The van der Waals surface area contributed by atoms with Crippen molar-refractivity contribution in [2.45, 2.75) is 44.7 Å². The van der Waals surface area contributed by atoms with Gasteiger partial charge >= 0.3 is 5.97 Å². The average Bonchev–Trinajstić information content (AvgIpc) is 2.76. The van der Waals surface area contributed by atoms with E-state index in [0.717, 1.165) is 21.7 Å². The highest BCUT2D eigenvalue weighted by atomic mass is 32.2. The van der Waals surface area contributed by atoms with Crippen molar-refractivity contribution in [2.75, 3.05) is 11.5 Å². The Labute approximate surface area is 132 Å². The third-order valence-electron chi connectivity index (χ3n) is 2.52. The van der Waals surface area contributed by atoms with E-state index in [2.05, 4.69) is 23.0 Å². The Hall–Kier alpha value is -1.34. The van der Waals surface area contributed by atoms with Crippen LogP contribution in [0, 0.1) is 0 Å². The lowest BCUT2D eigenvalue weighted by Crippen LogP contribution is -2.24. The lowest BCUT2D eigenvalue weighted by atomic mass is 10.2. The SMILES string of the molecule is CCc1cc2c(SCC(=O)OC(C)(C)C)nc(N)nc2s1. The maximum absolute atomic E-state index is 11.8. The Morgan fingerprint density at radius 1 is 1.43 bits per heavy atom. The van der Waals surface area contributed by atoms with Crippen molar-refractivity contribution in [1.82, 2.24) is 9.97 Å². The third kappa shape index (κ3) is 4.31. The van der Waals surface area contributed by atoms with Gasteiger partial charge in [-0.3, -0.25) is 4.79 Å². The summed E-state index contributed by atoms with van der Waals surface area (Å²) in [4.78, 5) is 22.4. The minimum Gasteiger partial charge on any atom is -0.459 e. The predicted molar refractivity (Wildman–Crippen MR) is 87.8 cm³/mol. The summed E-state index contributed by atoms with van der Waals surface area (Å²) in [5.74, 6) is 0.183. The summed E-state index contributed by atoms with van der Waals surface area (Å²) >= 11 is 2.95. The topological polar surface area (TPSA) is 78.1 Å². The Kier molecular flexibility index (Phi) is 4.73. The summed E-state index contributed by atoms with van der Waals surface area (Å²) in [6, 6.07) is 2.07. The number of carbonyl (C=O) groups is 1. The summed E-state index contributed by atoms with van der Waals surface area (Å²) in [5.41, 5.74) is 5.26. The first kappa shape index (κ1) is 16.0. The molecule has 2 aromatic heterocycles. The van der Waals surface area contributed by atoms with Crippen LogP contribution in [0.5, 0.6) is 0 Å². The highest BCUT2D eigenvalue weighted by Gasteiger charge is 2.18. The molecule has 2 aromatic rings. The predicted octanol–water partition coefficient (Wildman–Crippen LogP) is 3.27. The lowest BCUT2D eigenvalue weighted by Gasteiger charge is -2.19. The van der Waals surface area contributed by atoms with Crippen LogP contribution in [-0.2, 0) is 16.0 Å². The number of hydrogen-bond donors (Lipinski definition) is 1. The van der Waals surface area contributed by atoms with Gasteiger partial charge in [-0.2, -0.15) is 0 Å². The van der Waals surface area contributed by atoms with E-state index < -0.39 is 5.60 Å². The molecule has 0 aromatic carbocycles. The molecular formula is C14H19N3O2S2. The Balaban J connectivity index is 2.18. The fraction of sp³-hybridized carbons (Fsp3) is 0.500. The molecule has 0 atom stereocenters. The minimum atomic E-state index is -0.477. The number of nitrogens with zero attached hydrogens (tertiary/aromatic N) is 2. The first-order valence-electron chi connectivity index (χ1n) is 6.69. The smallest absolute Gasteiger partial charge is 0.316 e. The minimum absolute atomic E-state index is 0.208. The lowest BCUT2D eigenvalue weighted by molar-refractivity contribution is -0.151. The molecule has 0 aliphatic heterocycles. The number of aryl methyl sites for hydroxylation is 1. The standard InChI is InChI=1S/C14H19N3O2S2/c1-5-8-6-9-11(16-13(15)17-12(9)21-8)20-7-10(18)19-14(2,3)4/h6H,5,7H2,1-4H3,(H2,15,16,17). The van der Waals surface area contributed by atoms with Gasteiger partial charge in [-0.15, -0.1) is 11.3 Å². The molecule has 5 nitrogen and oxygen atoms in total.